The van der Waals surface area contributed by atoms with E-state index in [0.717, 1.165) is 64.2 Å². The molecular formula is C21H43KO4S. The molecule has 0 rings (SSSR count). The van der Waals surface area contributed by atoms with Crippen LogP contribution in [0.3, 0.4) is 0 Å². The summed E-state index contributed by atoms with van der Waals surface area (Å²) in [7, 11) is -4.17. The molecule has 4 nitrogen and oxygen atoms in total. The number of rotatable bonds is 19. The third-order valence-corrected chi connectivity index (χ3v) is 6.53. The van der Waals surface area contributed by atoms with Crippen LogP contribution in [0.5, 0.6) is 0 Å². The fourth-order valence-corrected chi connectivity index (χ4v) is 4.38. The summed E-state index contributed by atoms with van der Waals surface area (Å²) in [5.41, 5.74) is 0. The molecular weight excluding hydrogens is 387 g/mol. The molecule has 2 atom stereocenters. The van der Waals surface area contributed by atoms with Gasteiger partial charge in [-0.2, -0.15) is 0 Å². The summed E-state index contributed by atoms with van der Waals surface area (Å²) in [6.45, 7) is 4.33. The molecule has 0 aliphatic heterocycles. The third-order valence-electron chi connectivity index (χ3n) is 5.24. The fourth-order valence-electron chi connectivity index (χ4n) is 3.47. The van der Waals surface area contributed by atoms with E-state index >= 15 is 0 Å². The van der Waals surface area contributed by atoms with Gasteiger partial charge in [-0.05, 0) is 25.7 Å². The normalized spacial score (nSPS) is 13.9. The molecule has 0 amide bonds. The Kier molecular flexibility index (Phi) is 23.6. The van der Waals surface area contributed by atoms with Crippen molar-refractivity contribution in [1.29, 1.82) is 0 Å². The average Bonchev–Trinajstić information content (AvgIpc) is 2.58. The largest absolute Gasteiger partial charge is 1.00 e. The van der Waals surface area contributed by atoms with E-state index in [4.69, 9.17) is 0 Å². The van der Waals surface area contributed by atoms with Gasteiger partial charge in [0.15, 0.2) is 0 Å². The number of unbranched alkanes of at least 4 members (excludes halogenated alkanes) is 10. The molecule has 0 aliphatic carbocycles. The van der Waals surface area contributed by atoms with Crippen molar-refractivity contribution in [2.24, 2.45) is 0 Å². The summed E-state index contributed by atoms with van der Waals surface area (Å²) in [5, 5.41) is 9.18. The first-order valence-electron chi connectivity index (χ1n) is 11.0. The van der Waals surface area contributed by atoms with Gasteiger partial charge >= 0.3 is 51.4 Å². The Balaban J connectivity index is 0. The van der Waals surface area contributed by atoms with Crippen molar-refractivity contribution in [2.45, 2.75) is 134 Å². The standard InChI is InChI=1S/C21H44O4S.K/c1-3-5-7-8-9-14-18-21(26(23,24)25)19-15-11-10-13-17-20(22)16-12-6-4-2;/h20-22H,3-19H2,1-2H3,(H,23,24,25);/q;+1/p-1. The van der Waals surface area contributed by atoms with E-state index in [0.29, 0.717) is 12.8 Å². The van der Waals surface area contributed by atoms with E-state index in [1.54, 1.807) is 0 Å². The van der Waals surface area contributed by atoms with Gasteiger partial charge < -0.3 is 9.66 Å². The summed E-state index contributed by atoms with van der Waals surface area (Å²) in [6, 6.07) is 0. The zero-order valence-electron chi connectivity index (χ0n) is 18.3. The molecule has 0 bridgehead atoms. The van der Waals surface area contributed by atoms with Crippen LogP contribution in [0.1, 0.15) is 123 Å². The van der Waals surface area contributed by atoms with E-state index in [2.05, 4.69) is 13.8 Å². The molecule has 0 heterocycles. The second kappa shape index (κ2) is 20.8. The zero-order valence-corrected chi connectivity index (χ0v) is 22.2. The Morgan fingerprint density at radius 1 is 0.667 bits per heavy atom. The summed E-state index contributed by atoms with van der Waals surface area (Å²) >= 11 is 0. The quantitative estimate of drug-likeness (QED) is 0.194. The third kappa shape index (κ3) is 20.6. The van der Waals surface area contributed by atoms with Crippen LogP contribution in [0.15, 0.2) is 0 Å². The average molecular weight is 431 g/mol. The maximum Gasteiger partial charge on any atom is 1.00 e. The Morgan fingerprint density at radius 3 is 1.44 bits per heavy atom. The number of aliphatic hydroxyl groups is 1. The Labute approximate surface area is 211 Å². The van der Waals surface area contributed by atoms with Crippen molar-refractivity contribution in [2.75, 3.05) is 0 Å². The van der Waals surface area contributed by atoms with Crippen LogP contribution >= 0.6 is 0 Å². The van der Waals surface area contributed by atoms with E-state index in [1.807, 2.05) is 0 Å². The second-order valence-corrected chi connectivity index (χ2v) is 9.46. The van der Waals surface area contributed by atoms with Gasteiger partial charge in [-0.25, -0.2) is 8.42 Å². The molecule has 6 heteroatoms. The maximum atomic E-state index is 11.4. The fraction of sp³-hybridized carbons (Fsp3) is 1.00. The Morgan fingerprint density at radius 2 is 1.00 bits per heavy atom. The summed E-state index contributed by atoms with van der Waals surface area (Å²) in [4.78, 5) is 0. The van der Waals surface area contributed by atoms with Gasteiger partial charge in [0.1, 0.15) is 0 Å². The summed E-state index contributed by atoms with van der Waals surface area (Å²) in [5.74, 6) is 0. The number of hydrogen-bond acceptors (Lipinski definition) is 4. The van der Waals surface area contributed by atoms with Crippen LogP contribution in [0.4, 0.5) is 0 Å². The molecule has 2 unspecified atom stereocenters. The predicted octanol–water partition coefficient (Wildman–Crippen LogP) is 2.94. The number of hydrogen-bond donors (Lipinski definition) is 1. The molecule has 0 radical (unpaired) electrons. The Bertz CT molecular complexity index is 401. The van der Waals surface area contributed by atoms with Crippen LogP contribution in [0.2, 0.25) is 0 Å². The molecule has 158 valence electrons. The SMILES string of the molecule is CCCCCCCCC(CCCCCCC(O)CCCCC)S(=O)(=O)[O-].[K+]. The molecule has 0 aromatic rings. The van der Waals surface area contributed by atoms with Gasteiger partial charge in [0, 0.05) is 5.25 Å². The van der Waals surface area contributed by atoms with Crippen molar-refractivity contribution in [3.63, 3.8) is 0 Å². The van der Waals surface area contributed by atoms with E-state index in [9.17, 15) is 18.1 Å². The van der Waals surface area contributed by atoms with Crippen molar-refractivity contribution >= 4 is 10.1 Å². The van der Waals surface area contributed by atoms with E-state index in [-0.39, 0.29) is 57.5 Å². The van der Waals surface area contributed by atoms with Crippen LogP contribution < -0.4 is 51.4 Å². The summed E-state index contributed by atoms with van der Waals surface area (Å²) in [6.07, 6.45) is 16.4. The molecule has 0 aromatic heterocycles. The van der Waals surface area contributed by atoms with Crippen LogP contribution in [0.25, 0.3) is 0 Å². The molecule has 0 fully saturated rings. The molecule has 0 saturated carbocycles. The van der Waals surface area contributed by atoms with Crippen molar-refractivity contribution in [3.05, 3.63) is 0 Å². The van der Waals surface area contributed by atoms with Gasteiger partial charge in [0.2, 0.25) is 0 Å². The maximum absolute atomic E-state index is 11.4. The summed E-state index contributed by atoms with van der Waals surface area (Å²) < 4.78 is 34.3. The molecule has 0 saturated heterocycles. The van der Waals surface area contributed by atoms with Gasteiger partial charge in [0.25, 0.3) is 0 Å². The first-order valence-corrected chi connectivity index (χ1v) is 12.5. The number of aliphatic hydroxyl groups excluding tert-OH is 1. The van der Waals surface area contributed by atoms with Crippen molar-refractivity contribution in [1.82, 2.24) is 0 Å². The first kappa shape index (κ1) is 30.7. The van der Waals surface area contributed by atoms with Crippen molar-refractivity contribution < 1.29 is 69.5 Å². The van der Waals surface area contributed by atoms with Crippen LogP contribution in [-0.4, -0.2) is 29.4 Å². The van der Waals surface area contributed by atoms with E-state index < -0.39 is 15.4 Å². The second-order valence-electron chi connectivity index (χ2n) is 7.81. The molecule has 27 heavy (non-hydrogen) atoms. The van der Waals surface area contributed by atoms with Gasteiger partial charge in [-0.3, -0.25) is 0 Å². The monoisotopic (exact) mass is 430 g/mol. The minimum absolute atomic E-state index is 0. The van der Waals surface area contributed by atoms with Gasteiger partial charge in [-0.1, -0.05) is 97.3 Å². The van der Waals surface area contributed by atoms with Crippen LogP contribution in [0, 0.1) is 0 Å². The molecule has 0 aromatic carbocycles. The minimum atomic E-state index is -4.17. The van der Waals surface area contributed by atoms with Gasteiger partial charge in [0.05, 0.1) is 16.2 Å². The topological polar surface area (TPSA) is 77.4 Å². The van der Waals surface area contributed by atoms with Gasteiger partial charge in [-0.15, -0.1) is 0 Å². The zero-order chi connectivity index (χ0) is 19.7. The minimum Gasteiger partial charge on any atom is -0.748 e. The molecule has 0 aliphatic rings. The smallest absolute Gasteiger partial charge is 0.748 e. The van der Waals surface area contributed by atoms with E-state index in [1.165, 1.54) is 32.1 Å². The van der Waals surface area contributed by atoms with Crippen molar-refractivity contribution in [3.8, 4) is 0 Å². The predicted molar refractivity (Wildman–Crippen MR) is 109 cm³/mol. The molecule has 1 N–H and O–H groups in total. The first-order chi connectivity index (χ1) is 12.4. The Hall–Kier alpha value is 1.51. The molecule has 0 spiro atoms. The van der Waals surface area contributed by atoms with Crippen LogP contribution in [-0.2, 0) is 10.1 Å².